The number of Topliss-reactive ketones (excluding diaryl/α,β-unsaturated/α-hetero) is 1. The number of aromatic nitrogens is 1. The highest BCUT2D eigenvalue weighted by molar-refractivity contribution is 8.00. The Labute approximate surface area is 205 Å². The molecule has 7 heteroatoms. The normalized spacial score (nSPS) is 17.0. The molecule has 164 valence electrons. The predicted molar refractivity (Wildman–Crippen MR) is 140 cm³/mol. The second-order valence-corrected chi connectivity index (χ2v) is 10.3. The molecule has 0 unspecified atom stereocenters. The van der Waals surface area contributed by atoms with Crippen LogP contribution in [0.15, 0.2) is 82.8 Å². The first kappa shape index (κ1) is 21.8. The van der Waals surface area contributed by atoms with Gasteiger partial charge in [-0.2, -0.15) is 0 Å². The van der Waals surface area contributed by atoms with Gasteiger partial charge >= 0.3 is 0 Å². The van der Waals surface area contributed by atoms with Crippen molar-refractivity contribution in [3.05, 3.63) is 95.2 Å². The molecule has 0 amide bonds. The minimum absolute atomic E-state index is 0.00702. The number of methoxy groups -OCH3 is 1. The summed E-state index contributed by atoms with van der Waals surface area (Å²) in [4.78, 5) is 18.3. The molecule has 0 radical (unpaired) electrons. The van der Waals surface area contributed by atoms with Crippen molar-refractivity contribution < 1.29 is 9.53 Å². The summed E-state index contributed by atoms with van der Waals surface area (Å²) in [6.45, 7) is 0. The van der Waals surface area contributed by atoms with Gasteiger partial charge in [0.25, 0.3) is 0 Å². The molecular formula is C26H20N2O2S3. The smallest absolute Gasteiger partial charge is 0.193 e. The molecule has 0 bridgehead atoms. The lowest BCUT2D eigenvalue weighted by Crippen LogP contribution is -2.15. The van der Waals surface area contributed by atoms with Crippen LogP contribution in [0.2, 0.25) is 0 Å². The molecule has 33 heavy (non-hydrogen) atoms. The number of carbonyl (C=O) groups excluding carboxylic acids is 1. The molecule has 3 aromatic carbocycles. The van der Waals surface area contributed by atoms with Crippen LogP contribution >= 0.6 is 35.3 Å². The number of hydrogen-bond acceptors (Lipinski definition) is 6. The number of hydrogen-bond donors (Lipinski definition) is 1. The van der Waals surface area contributed by atoms with Gasteiger partial charge in [0.2, 0.25) is 0 Å². The standard InChI is InChI=1S/C26H20N2O2S3/c1-30-21-12-11-16(13-18(21)15-32-26-28-19-9-5-6-10-22(19)33-26)14-20-24(29)23(25(31)27-20)17-7-3-2-4-8-17/h2-14,23H,15H2,1H3,(H,27,31)/b20-14-/t23-/m0/s1. The van der Waals surface area contributed by atoms with E-state index in [0.29, 0.717) is 16.4 Å². The van der Waals surface area contributed by atoms with Gasteiger partial charge in [0.15, 0.2) is 10.1 Å². The number of nitrogens with zero attached hydrogens (tertiary/aromatic N) is 1. The zero-order valence-corrected chi connectivity index (χ0v) is 20.2. The number of thiazole rings is 1. The quantitative estimate of drug-likeness (QED) is 0.197. The summed E-state index contributed by atoms with van der Waals surface area (Å²) in [5, 5.41) is 3.12. The van der Waals surface area contributed by atoms with Gasteiger partial charge < -0.3 is 10.1 Å². The molecule has 4 aromatic rings. The average molecular weight is 489 g/mol. The fraction of sp³-hybridized carbons (Fsp3) is 0.115. The van der Waals surface area contributed by atoms with Crippen molar-refractivity contribution >= 4 is 62.4 Å². The number of benzene rings is 3. The number of ether oxygens (including phenoxy) is 1. The van der Waals surface area contributed by atoms with E-state index in [1.807, 2.05) is 66.7 Å². The highest BCUT2D eigenvalue weighted by Gasteiger charge is 2.35. The Balaban J connectivity index is 1.38. The number of ketones is 1. The Hall–Kier alpha value is -3.00. The van der Waals surface area contributed by atoms with Gasteiger partial charge in [-0.25, -0.2) is 4.98 Å². The molecular weight excluding hydrogens is 468 g/mol. The molecule has 1 aliphatic rings. The largest absolute Gasteiger partial charge is 0.496 e. The van der Waals surface area contributed by atoms with Gasteiger partial charge in [-0.1, -0.05) is 72.5 Å². The molecule has 1 atom stereocenters. The number of carbonyl (C=O) groups is 1. The number of rotatable bonds is 6. The zero-order valence-electron chi connectivity index (χ0n) is 17.8. The molecule has 0 aliphatic carbocycles. The van der Waals surface area contributed by atoms with Crippen LogP contribution < -0.4 is 10.1 Å². The minimum Gasteiger partial charge on any atom is -0.496 e. The van der Waals surface area contributed by atoms with Gasteiger partial charge in [-0.15, -0.1) is 11.3 Å². The third kappa shape index (κ3) is 4.57. The van der Waals surface area contributed by atoms with E-state index in [-0.39, 0.29) is 5.78 Å². The second kappa shape index (κ2) is 9.47. The molecule has 1 aliphatic heterocycles. The monoisotopic (exact) mass is 488 g/mol. The molecule has 0 saturated carbocycles. The van der Waals surface area contributed by atoms with Crippen molar-refractivity contribution in [2.45, 2.75) is 16.0 Å². The SMILES string of the molecule is COc1ccc(/C=C2\NC(=S)[C@@H](c3ccccc3)C2=O)cc1CSc1nc2ccccc2s1. The van der Waals surface area contributed by atoms with E-state index >= 15 is 0 Å². The number of thioether (sulfide) groups is 1. The number of nitrogens with one attached hydrogen (secondary N) is 1. The van der Waals surface area contributed by atoms with Crippen molar-refractivity contribution in [3.8, 4) is 5.75 Å². The maximum atomic E-state index is 13.1. The summed E-state index contributed by atoms with van der Waals surface area (Å²) >= 11 is 8.85. The Bertz CT molecular complexity index is 1350. The highest BCUT2D eigenvalue weighted by Crippen LogP contribution is 2.34. The van der Waals surface area contributed by atoms with E-state index in [9.17, 15) is 4.79 Å². The van der Waals surface area contributed by atoms with E-state index in [0.717, 1.165) is 32.3 Å². The van der Waals surface area contributed by atoms with Crippen molar-refractivity contribution in [2.75, 3.05) is 7.11 Å². The molecule has 1 aromatic heterocycles. The minimum atomic E-state index is -0.431. The summed E-state index contributed by atoms with van der Waals surface area (Å²) in [6.07, 6.45) is 1.86. The van der Waals surface area contributed by atoms with Crippen LogP contribution in [0.4, 0.5) is 0 Å². The first-order valence-corrected chi connectivity index (χ1v) is 12.6. The van der Waals surface area contributed by atoms with E-state index in [1.165, 1.54) is 4.70 Å². The topological polar surface area (TPSA) is 51.2 Å². The van der Waals surface area contributed by atoms with Gasteiger partial charge in [0.1, 0.15) is 5.75 Å². The lowest BCUT2D eigenvalue weighted by Gasteiger charge is -2.09. The second-order valence-electron chi connectivity index (χ2n) is 7.56. The molecule has 2 heterocycles. The predicted octanol–water partition coefficient (Wildman–Crippen LogP) is 6.22. The first-order valence-electron chi connectivity index (χ1n) is 10.4. The van der Waals surface area contributed by atoms with E-state index in [2.05, 4.69) is 17.4 Å². The summed E-state index contributed by atoms with van der Waals surface area (Å²) in [5.74, 6) is 1.09. The molecule has 1 fully saturated rings. The summed E-state index contributed by atoms with van der Waals surface area (Å²) in [5.41, 5.74) is 4.41. The Morgan fingerprint density at radius 2 is 1.91 bits per heavy atom. The molecule has 4 nitrogen and oxygen atoms in total. The van der Waals surface area contributed by atoms with Crippen LogP contribution in [0, 0.1) is 0 Å². The van der Waals surface area contributed by atoms with Crippen molar-refractivity contribution in [3.63, 3.8) is 0 Å². The number of fused-ring (bicyclic) bond motifs is 1. The average Bonchev–Trinajstić information content (AvgIpc) is 3.38. The summed E-state index contributed by atoms with van der Waals surface area (Å²) in [7, 11) is 1.67. The molecule has 0 spiro atoms. The zero-order chi connectivity index (χ0) is 22.8. The van der Waals surface area contributed by atoms with Crippen LogP contribution in [0.5, 0.6) is 5.75 Å². The molecule has 5 rings (SSSR count). The Morgan fingerprint density at radius 1 is 1.12 bits per heavy atom. The Kier molecular flexibility index (Phi) is 6.26. The van der Waals surface area contributed by atoms with Crippen molar-refractivity contribution in [1.29, 1.82) is 0 Å². The molecule has 1 saturated heterocycles. The fourth-order valence-electron chi connectivity index (χ4n) is 3.82. The van der Waals surface area contributed by atoms with Crippen molar-refractivity contribution in [2.24, 2.45) is 0 Å². The lowest BCUT2D eigenvalue weighted by molar-refractivity contribution is -0.115. The fourth-order valence-corrected chi connectivity index (χ4v) is 6.22. The summed E-state index contributed by atoms with van der Waals surface area (Å²) in [6, 6.07) is 23.7. The van der Waals surface area contributed by atoms with Crippen molar-refractivity contribution in [1.82, 2.24) is 10.3 Å². The maximum Gasteiger partial charge on any atom is 0.193 e. The third-order valence-electron chi connectivity index (χ3n) is 5.42. The number of allylic oxidation sites excluding steroid dienone is 1. The van der Waals surface area contributed by atoms with E-state index in [4.69, 9.17) is 21.9 Å². The van der Waals surface area contributed by atoms with Gasteiger partial charge in [0, 0.05) is 11.3 Å². The van der Waals surface area contributed by atoms with E-state index in [1.54, 1.807) is 30.2 Å². The first-order chi connectivity index (χ1) is 16.1. The summed E-state index contributed by atoms with van der Waals surface area (Å²) < 4.78 is 7.78. The van der Waals surface area contributed by atoms with Gasteiger partial charge in [-0.3, -0.25) is 4.79 Å². The van der Waals surface area contributed by atoms with Gasteiger partial charge in [0.05, 0.1) is 33.9 Å². The highest BCUT2D eigenvalue weighted by atomic mass is 32.2. The van der Waals surface area contributed by atoms with Crippen LogP contribution in [-0.2, 0) is 10.5 Å². The number of thiocarbonyl (C=S) groups is 1. The Morgan fingerprint density at radius 3 is 2.70 bits per heavy atom. The maximum absolute atomic E-state index is 13.1. The van der Waals surface area contributed by atoms with Crippen LogP contribution in [-0.4, -0.2) is 22.9 Å². The van der Waals surface area contributed by atoms with Crippen LogP contribution in [0.3, 0.4) is 0 Å². The third-order valence-corrected chi connectivity index (χ3v) is 7.99. The lowest BCUT2D eigenvalue weighted by atomic mass is 9.96. The van der Waals surface area contributed by atoms with Gasteiger partial charge in [-0.05, 0) is 41.5 Å². The van der Waals surface area contributed by atoms with Crippen LogP contribution in [0.1, 0.15) is 22.6 Å². The van der Waals surface area contributed by atoms with Crippen LogP contribution in [0.25, 0.3) is 16.3 Å². The molecule has 1 N–H and O–H groups in total. The number of para-hydroxylation sites is 1. The van der Waals surface area contributed by atoms with E-state index < -0.39 is 5.92 Å².